The maximum absolute atomic E-state index is 12.8. The summed E-state index contributed by atoms with van der Waals surface area (Å²) in [5, 5.41) is 3.03. The second-order valence-corrected chi connectivity index (χ2v) is 5.34. The van der Waals surface area contributed by atoms with Crippen LogP contribution in [-0.2, 0) is 6.54 Å². The molecule has 0 spiro atoms. The number of alkyl halides is 3. The molecular formula is C14H20F3N3. The maximum atomic E-state index is 12.8. The van der Waals surface area contributed by atoms with Crippen LogP contribution in [0.1, 0.15) is 24.0 Å². The van der Waals surface area contributed by atoms with E-state index >= 15 is 0 Å². The van der Waals surface area contributed by atoms with Gasteiger partial charge in [0.25, 0.3) is 0 Å². The first kappa shape index (κ1) is 15.1. The Hall–Kier alpha value is -1.30. The zero-order valence-corrected chi connectivity index (χ0v) is 11.8. The van der Waals surface area contributed by atoms with Gasteiger partial charge in [0.05, 0.1) is 5.92 Å². The second kappa shape index (κ2) is 5.99. The van der Waals surface area contributed by atoms with E-state index in [-0.39, 0.29) is 13.0 Å². The highest BCUT2D eigenvalue weighted by Gasteiger charge is 2.42. The lowest BCUT2D eigenvalue weighted by atomic mass is 9.97. The van der Waals surface area contributed by atoms with Gasteiger partial charge in [0.1, 0.15) is 5.82 Å². The number of piperidine rings is 1. The van der Waals surface area contributed by atoms with Crippen LogP contribution >= 0.6 is 0 Å². The summed E-state index contributed by atoms with van der Waals surface area (Å²) in [6, 6.07) is 1.98. The van der Waals surface area contributed by atoms with Crippen LogP contribution in [0.25, 0.3) is 0 Å². The Labute approximate surface area is 117 Å². The van der Waals surface area contributed by atoms with Crippen molar-refractivity contribution < 1.29 is 13.2 Å². The van der Waals surface area contributed by atoms with Gasteiger partial charge < -0.3 is 10.2 Å². The van der Waals surface area contributed by atoms with Crippen LogP contribution in [0.4, 0.5) is 19.0 Å². The lowest BCUT2D eigenvalue weighted by Gasteiger charge is -2.35. The number of anilines is 1. The van der Waals surface area contributed by atoms with Crippen molar-refractivity contribution in [2.45, 2.75) is 32.5 Å². The van der Waals surface area contributed by atoms with Crippen LogP contribution in [0.5, 0.6) is 0 Å². The molecule has 0 amide bonds. The van der Waals surface area contributed by atoms with Gasteiger partial charge in [0.15, 0.2) is 0 Å². The molecular weight excluding hydrogens is 267 g/mol. The minimum absolute atomic E-state index is 0.0166. The van der Waals surface area contributed by atoms with E-state index in [1.807, 2.05) is 20.0 Å². The number of hydrogen-bond acceptors (Lipinski definition) is 3. The molecule has 112 valence electrons. The van der Waals surface area contributed by atoms with Crippen molar-refractivity contribution in [2.75, 3.05) is 25.0 Å². The number of nitrogens with zero attached hydrogens (tertiary/aromatic N) is 2. The number of pyridine rings is 1. The first-order valence-electron chi connectivity index (χ1n) is 6.83. The van der Waals surface area contributed by atoms with Crippen LogP contribution in [0.2, 0.25) is 0 Å². The highest BCUT2D eigenvalue weighted by atomic mass is 19.4. The molecule has 1 aromatic rings. The van der Waals surface area contributed by atoms with Crippen molar-refractivity contribution in [1.29, 1.82) is 0 Å². The van der Waals surface area contributed by atoms with E-state index in [9.17, 15) is 13.2 Å². The van der Waals surface area contributed by atoms with Gasteiger partial charge >= 0.3 is 6.18 Å². The third-order valence-corrected chi connectivity index (χ3v) is 3.67. The number of aromatic nitrogens is 1. The summed E-state index contributed by atoms with van der Waals surface area (Å²) in [6.45, 7) is 3.27. The molecule has 1 aliphatic heterocycles. The molecule has 20 heavy (non-hydrogen) atoms. The Bertz CT molecular complexity index is 459. The molecule has 0 bridgehead atoms. The molecule has 0 aliphatic carbocycles. The molecule has 3 nitrogen and oxygen atoms in total. The summed E-state index contributed by atoms with van der Waals surface area (Å²) in [4.78, 5) is 6.12. The number of nitrogens with one attached hydrogen (secondary N) is 1. The summed E-state index contributed by atoms with van der Waals surface area (Å²) in [5.74, 6) is -0.562. The molecule has 1 unspecified atom stereocenters. The van der Waals surface area contributed by atoms with Gasteiger partial charge in [-0.2, -0.15) is 13.2 Å². The number of halogens is 3. The maximum Gasteiger partial charge on any atom is 0.393 e. The van der Waals surface area contributed by atoms with Crippen LogP contribution in [0.3, 0.4) is 0 Å². The van der Waals surface area contributed by atoms with E-state index in [1.54, 1.807) is 11.1 Å². The normalized spacial score (nSPS) is 20.2. The summed E-state index contributed by atoms with van der Waals surface area (Å²) in [7, 11) is 1.85. The average Bonchev–Trinajstić information content (AvgIpc) is 2.38. The Morgan fingerprint density at radius 3 is 2.80 bits per heavy atom. The predicted molar refractivity (Wildman–Crippen MR) is 72.7 cm³/mol. The minimum atomic E-state index is -4.11. The SMILES string of the molecule is CNCc1cnc(N2CCCC(C(F)(F)F)C2)c(C)c1. The van der Waals surface area contributed by atoms with E-state index in [2.05, 4.69) is 10.3 Å². The van der Waals surface area contributed by atoms with E-state index in [4.69, 9.17) is 0 Å². The topological polar surface area (TPSA) is 28.2 Å². The fourth-order valence-electron chi connectivity index (χ4n) is 2.69. The van der Waals surface area contributed by atoms with Crippen molar-refractivity contribution in [3.05, 3.63) is 23.4 Å². The van der Waals surface area contributed by atoms with Gasteiger partial charge in [-0.15, -0.1) is 0 Å². The summed E-state index contributed by atoms with van der Waals surface area (Å²) in [6.07, 6.45) is -1.60. The minimum Gasteiger partial charge on any atom is -0.356 e. The Kier molecular flexibility index (Phi) is 4.52. The predicted octanol–water partition coefficient (Wildman–Crippen LogP) is 2.89. The molecule has 1 saturated heterocycles. The quantitative estimate of drug-likeness (QED) is 0.926. The summed E-state index contributed by atoms with van der Waals surface area (Å²) < 4.78 is 38.5. The highest BCUT2D eigenvalue weighted by Crippen LogP contribution is 2.35. The van der Waals surface area contributed by atoms with Crippen LogP contribution in [-0.4, -0.2) is 31.3 Å². The van der Waals surface area contributed by atoms with Crippen molar-refractivity contribution in [1.82, 2.24) is 10.3 Å². The number of rotatable bonds is 3. The Morgan fingerprint density at radius 1 is 1.45 bits per heavy atom. The lowest BCUT2D eigenvalue weighted by molar-refractivity contribution is -0.176. The van der Waals surface area contributed by atoms with Crippen LogP contribution in [0.15, 0.2) is 12.3 Å². The fourth-order valence-corrected chi connectivity index (χ4v) is 2.69. The standard InChI is InChI=1S/C14H20F3N3/c1-10-6-11(7-18-2)8-19-13(10)20-5-3-4-12(9-20)14(15,16)17/h6,8,12,18H,3-5,7,9H2,1-2H3. The molecule has 2 rings (SSSR count). The van der Waals surface area contributed by atoms with Crippen molar-refractivity contribution in [2.24, 2.45) is 5.92 Å². The van der Waals surface area contributed by atoms with E-state index in [0.717, 1.165) is 11.1 Å². The molecule has 6 heteroatoms. The molecule has 0 radical (unpaired) electrons. The van der Waals surface area contributed by atoms with E-state index in [1.165, 1.54) is 0 Å². The molecule has 2 heterocycles. The first-order chi connectivity index (χ1) is 9.41. The van der Waals surface area contributed by atoms with Gasteiger partial charge in [-0.05, 0) is 44.0 Å². The van der Waals surface area contributed by atoms with E-state index in [0.29, 0.717) is 25.3 Å². The van der Waals surface area contributed by atoms with Gasteiger partial charge in [0, 0.05) is 25.8 Å². The van der Waals surface area contributed by atoms with Gasteiger partial charge in [-0.3, -0.25) is 0 Å². The van der Waals surface area contributed by atoms with E-state index < -0.39 is 12.1 Å². The smallest absolute Gasteiger partial charge is 0.356 e. The zero-order chi connectivity index (χ0) is 14.8. The zero-order valence-electron chi connectivity index (χ0n) is 11.8. The largest absolute Gasteiger partial charge is 0.393 e. The van der Waals surface area contributed by atoms with Gasteiger partial charge in [-0.1, -0.05) is 0 Å². The fraction of sp³-hybridized carbons (Fsp3) is 0.643. The molecule has 1 atom stereocenters. The molecule has 0 saturated carbocycles. The lowest BCUT2D eigenvalue weighted by Crippen LogP contribution is -2.42. The van der Waals surface area contributed by atoms with Crippen LogP contribution < -0.4 is 10.2 Å². The molecule has 1 aliphatic rings. The molecule has 1 fully saturated rings. The number of aryl methyl sites for hydroxylation is 1. The van der Waals surface area contributed by atoms with Crippen molar-refractivity contribution in [3.8, 4) is 0 Å². The number of hydrogen-bond donors (Lipinski definition) is 1. The van der Waals surface area contributed by atoms with Gasteiger partial charge in [-0.25, -0.2) is 4.98 Å². The third kappa shape index (κ3) is 3.42. The molecule has 0 aromatic carbocycles. The Morgan fingerprint density at radius 2 is 2.20 bits per heavy atom. The highest BCUT2D eigenvalue weighted by molar-refractivity contribution is 5.47. The second-order valence-electron chi connectivity index (χ2n) is 5.34. The summed E-state index contributed by atoms with van der Waals surface area (Å²) >= 11 is 0. The third-order valence-electron chi connectivity index (χ3n) is 3.67. The van der Waals surface area contributed by atoms with Crippen molar-refractivity contribution >= 4 is 5.82 Å². The van der Waals surface area contributed by atoms with Gasteiger partial charge in [0.2, 0.25) is 0 Å². The average molecular weight is 287 g/mol. The summed E-state index contributed by atoms with van der Waals surface area (Å²) in [5.41, 5.74) is 1.97. The van der Waals surface area contributed by atoms with Crippen LogP contribution in [0, 0.1) is 12.8 Å². The monoisotopic (exact) mass is 287 g/mol. The molecule has 1 N–H and O–H groups in total. The molecule has 1 aromatic heterocycles. The van der Waals surface area contributed by atoms with Crippen molar-refractivity contribution in [3.63, 3.8) is 0 Å². The Balaban J connectivity index is 2.15. The first-order valence-corrected chi connectivity index (χ1v) is 6.83.